The van der Waals surface area contributed by atoms with Crippen molar-refractivity contribution in [2.24, 2.45) is 0 Å². The van der Waals surface area contributed by atoms with Crippen molar-refractivity contribution < 1.29 is 14.5 Å². The zero-order chi connectivity index (χ0) is 23.0. The van der Waals surface area contributed by atoms with Crippen LogP contribution in [0, 0.1) is 0 Å². The number of carboxylic acid groups (broad SMARTS) is 1. The normalized spacial score (nSPS) is 11.3. The number of nitrogens with zero attached hydrogens (tertiary/aromatic N) is 2. The Labute approximate surface area is 192 Å². The number of aryl methyl sites for hydroxylation is 3. The number of rotatable bonds is 12. The van der Waals surface area contributed by atoms with E-state index >= 15 is 0 Å². The fraction of sp³-hybridized carbons (Fsp3) is 0.370. The summed E-state index contributed by atoms with van der Waals surface area (Å²) in [5, 5.41) is 12.7. The minimum atomic E-state index is -0.801. The zero-order valence-electron chi connectivity index (χ0n) is 19.3. The third-order valence-corrected chi connectivity index (χ3v) is 5.14. The summed E-state index contributed by atoms with van der Waals surface area (Å²) in [5.41, 5.74) is 3.58. The van der Waals surface area contributed by atoms with E-state index in [2.05, 4.69) is 45.5 Å². The summed E-state index contributed by atoms with van der Waals surface area (Å²) >= 11 is 0. The molecule has 3 rings (SSSR count). The molecule has 0 fully saturated rings. The van der Waals surface area contributed by atoms with Gasteiger partial charge in [0.2, 0.25) is 0 Å². The third kappa shape index (κ3) is 9.40. The highest BCUT2D eigenvalue weighted by Gasteiger charge is 2.16. The topological polar surface area (TPSA) is 66.1 Å². The van der Waals surface area contributed by atoms with E-state index in [0.29, 0.717) is 13.0 Å². The number of nitrogens with one attached hydrogen (secondary N) is 1. The summed E-state index contributed by atoms with van der Waals surface area (Å²) in [4.78, 5) is 15.7. The van der Waals surface area contributed by atoms with Gasteiger partial charge in [-0.25, -0.2) is 4.57 Å². The second kappa shape index (κ2) is 14.9. The number of pyridine rings is 2. The summed E-state index contributed by atoms with van der Waals surface area (Å²) in [5.74, 6) is -0.801. The highest BCUT2D eigenvalue weighted by atomic mass is 16.4. The number of aromatic nitrogens is 2. The van der Waals surface area contributed by atoms with Crippen LogP contribution >= 0.6 is 0 Å². The lowest BCUT2D eigenvalue weighted by Crippen LogP contribution is -2.39. The van der Waals surface area contributed by atoms with Crippen molar-refractivity contribution in [3.05, 3.63) is 96.1 Å². The highest BCUT2D eigenvalue weighted by molar-refractivity contribution is 5.73. The van der Waals surface area contributed by atoms with Gasteiger partial charge in [-0.2, -0.15) is 0 Å². The SMILES string of the molecule is CC.O=C(O)C(Cc1ccccc1)NCCCc1ccc[n+](CCCc2cccnc2)c1. The Hall–Kier alpha value is -3.05. The molecule has 2 aromatic heterocycles. The van der Waals surface area contributed by atoms with E-state index in [1.54, 1.807) is 6.20 Å². The molecule has 0 spiro atoms. The van der Waals surface area contributed by atoms with Crippen molar-refractivity contribution >= 4 is 5.97 Å². The lowest BCUT2D eigenvalue weighted by atomic mass is 10.1. The summed E-state index contributed by atoms with van der Waals surface area (Å²) in [6, 6.07) is 17.5. The summed E-state index contributed by atoms with van der Waals surface area (Å²) in [6.45, 7) is 5.65. The van der Waals surface area contributed by atoms with Crippen LogP contribution in [-0.4, -0.2) is 28.6 Å². The number of benzene rings is 1. The van der Waals surface area contributed by atoms with Gasteiger partial charge in [0.1, 0.15) is 12.6 Å². The zero-order valence-corrected chi connectivity index (χ0v) is 19.3. The molecule has 0 aliphatic rings. The van der Waals surface area contributed by atoms with Crippen LogP contribution in [0.25, 0.3) is 0 Å². The van der Waals surface area contributed by atoms with Gasteiger partial charge in [-0.15, -0.1) is 0 Å². The van der Waals surface area contributed by atoms with Gasteiger partial charge in [0.05, 0.1) is 0 Å². The molecule has 5 nitrogen and oxygen atoms in total. The number of aliphatic carboxylic acids is 1. The molecule has 170 valence electrons. The van der Waals surface area contributed by atoms with Crippen LogP contribution in [0.1, 0.15) is 43.4 Å². The predicted molar refractivity (Wildman–Crippen MR) is 128 cm³/mol. The number of carboxylic acids is 1. The van der Waals surface area contributed by atoms with Gasteiger partial charge in [-0.3, -0.25) is 9.78 Å². The lowest BCUT2D eigenvalue weighted by molar-refractivity contribution is -0.697. The van der Waals surface area contributed by atoms with Crippen LogP contribution in [0.2, 0.25) is 0 Å². The van der Waals surface area contributed by atoms with E-state index in [-0.39, 0.29) is 0 Å². The Bertz CT molecular complexity index is 901. The monoisotopic (exact) mass is 434 g/mol. The molecule has 1 aromatic carbocycles. The van der Waals surface area contributed by atoms with Crippen molar-refractivity contribution in [2.75, 3.05) is 6.54 Å². The Morgan fingerprint density at radius 1 is 0.969 bits per heavy atom. The fourth-order valence-corrected chi connectivity index (χ4v) is 3.54. The molecular weight excluding hydrogens is 398 g/mol. The number of hydrogen-bond donors (Lipinski definition) is 2. The third-order valence-electron chi connectivity index (χ3n) is 5.14. The molecular formula is C27H36N3O2+. The summed E-state index contributed by atoms with van der Waals surface area (Å²) in [6.07, 6.45) is 12.4. The van der Waals surface area contributed by atoms with Crippen LogP contribution in [0.3, 0.4) is 0 Å². The average Bonchev–Trinajstić information content (AvgIpc) is 2.84. The average molecular weight is 435 g/mol. The quantitative estimate of drug-likeness (QED) is 0.330. The Kier molecular flexibility index (Phi) is 11.7. The maximum Gasteiger partial charge on any atom is 0.321 e. The molecule has 32 heavy (non-hydrogen) atoms. The van der Waals surface area contributed by atoms with E-state index in [1.165, 1.54) is 11.1 Å². The van der Waals surface area contributed by atoms with E-state index in [0.717, 1.165) is 37.8 Å². The van der Waals surface area contributed by atoms with Crippen LogP contribution in [-0.2, 0) is 30.6 Å². The molecule has 0 aliphatic heterocycles. The van der Waals surface area contributed by atoms with E-state index in [4.69, 9.17) is 0 Å². The first-order chi connectivity index (χ1) is 15.7. The Balaban J connectivity index is 0.00000176. The number of hydrogen-bond acceptors (Lipinski definition) is 3. The van der Waals surface area contributed by atoms with Gasteiger partial charge < -0.3 is 10.4 Å². The highest BCUT2D eigenvalue weighted by Crippen LogP contribution is 2.05. The molecule has 0 aliphatic carbocycles. The number of carbonyl (C=O) groups is 1. The maximum atomic E-state index is 11.5. The van der Waals surface area contributed by atoms with Gasteiger partial charge in [-0.05, 0) is 55.5 Å². The van der Waals surface area contributed by atoms with Crippen LogP contribution in [0.5, 0.6) is 0 Å². The van der Waals surface area contributed by atoms with Crippen molar-refractivity contribution in [3.8, 4) is 0 Å². The van der Waals surface area contributed by atoms with Gasteiger partial charge >= 0.3 is 5.97 Å². The smallest absolute Gasteiger partial charge is 0.321 e. The molecule has 5 heteroatoms. The molecule has 0 saturated heterocycles. The van der Waals surface area contributed by atoms with E-state index < -0.39 is 12.0 Å². The van der Waals surface area contributed by atoms with Crippen LogP contribution < -0.4 is 9.88 Å². The predicted octanol–water partition coefficient (Wildman–Crippen LogP) is 4.25. The Morgan fingerprint density at radius 3 is 2.41 bits per heavy atom. The van der Waals surface area contributed by atoms with Crippen molar-refractivity contribution in [2.45, 2.75) is 58.5 Å². The Morgan fingerprint density at radius 2 is 1.69 bits per heavy atom. The largest absolute Gasteiger partial charge is 0.480 e. The molecule has 0 radical (unpaired) electrons. The first-order valence-corrected chi connectivity index (χ1v) is 11.6. The second-order valence-corrected chi connectivity index (χ2v) is 7.55. The second-order valence-electron chi connectivity index (χ2n) is 7.55. The van der Waals surface area contributed by atoms with Crippen LogP contribution in [0.4, 0.5) is 0 Å². The minimum absolute atomic E-state index is 0.498. The standard InChI is InChI=1S/C25H29N3O2.C2H6/c29-25(30)24(18-21-8-2-1-3-9-21)27-15-5-11-23-13-7-17-28(20-23)16-6-12-22-10-4-14-26-19-22;1-2/h1-4,7-10,13-14,17,19-20,24,27H,5-6,11-12,15-16,18H2;1-2H3/p+1. The molecule has 1 atom stereocenters. The molecule has 2 N–H and O–H groups in total. The molecule has 3 aromatic rings. The van der Waals surface area contributed by atoms with Crippen LogP contribution in [0.15, 0.2) is 79.4 Å². The minimum Gasteiger partial charge on any atom is -0.480 e. The molecule has 0 saturated carbocycles. The van der Waals surface area contributed by atoms with Gasteiger partial charge in [0.25, 0.3) is 0 Å². The first-order valence-electron chi connectivity index (χ1n) is 11.6. The van der Waals surface area contributed by atoms with Crippen molar-refractivity contribution in [1.29, 1.82) is 0 Å². The van der Waals surface area contributed by atoms with Crippen molar-refractivity contribution in [3.63, 3.8) is 0 Å². The summed E-state index contributed by atoms with van der Waals surface area (Å²) in [7, 11) is 0. The van der Waals surface area contributed by atoms with E-state index in [1.807, 2.05) is 56.4 Å². The maximum absolute atomic E-state index is 11.5. The fourth-order valence-electron chi connectivity index (χ4n) is 3.54. The summed E-state index contributed by atoms with van der Waals surface area (Å²) < 4.78 is 2.23. The molecule has 0 bridgehead atoms. The van der Waals surface area contributed by atoms with Gasteiger partial charge in [0, 0.05) is 30.4 Å². The van der Waals surface area contributed by atoms with Crippen molar-refractivity contribution in [1.82, 2.24) is 10.3 Å². The molecule has 0 amide bonds. The molecule has 1 unspecified atom stereocenters. The molecule has 2 heterocycles. The first kappa shape index (κ1) is 25.2. The van der Waals surface area contributed by atoms with Gasteiger partial charge in [-0.1, -0.05) is 50.2 Å². The van der Waals surface area contributed by atoms with Gasteiger partial charge in [0.15, 0.2) is 12.4 Å². The lowest BCUT2D eigenvalue weighted by Gasteiger charge is -2.14. The van der Waals surface area contributed by atoms with E-state index in [9.17, 15) is 9.90 Å².